The highest BCUT2D eigenvalue weighted by Gasteiger charge is 2.41. The van der Waals surface area contributed by atoms with Crippen LogP contribution < -0.4 is 9.47 Å². The van der Waals surface area contributed by atoms with E-state index >= 15 is 0 Å². The Morgan fingerprint density at radius 1 is 1.05 bits per heavy atom. The summed E-state index contributed by atoms with van der Waals surface area (Å²) in [5, 5.41) is 0. The van der Waals surface area contributed by atoms with E-state index in [0.29, 0.717) is 37.3 Å². The van der Waals surface area contributed by atoms with Crippen LogP contribution in [0.2, 0.25) is 0 Å². The molecule has 2 aromatic carbocycles. The lowest BCUT2D eigenvalue weighted by Gasteiger charge is -2.39. The van der Waals surface area contributed by atoms with Crippen LogP contribution in [0.3, 0.4) is 0 Å². The van der Waals surface area contributed by atoms with E-state index in [1.54, 1.807) is 33.0 Å². The Labute approximate surface area is 230 Å². The van der Waals surface area contributed by atoms with Gasteiger partial charge in [-0.15, -0.1) is 0 Å². The zero-order chi connectivity index (χ0) is 28.4. The highest BCUT2D eigenvalue weighted by Crippen LogP contribution is 2.32. The third kappa shape index (κ3) is 7.85. The Kier molecular flexibility index (Phi) is 10.5. The standard InChI is InChI=1S/C31H39NO7/c1-6-28(33)38-21-31(2,3)30(35)32-19-11-10-14-24(32)29(34)39-25(23-12-8-7-9-13-23)17-15-22-16-18-26(36-4)27(20-22)37-5/h6-9,12-13,16,18,20,24-25H,1,10-11,14-15,17,19,21H2,2-5H3/t24-,25+/m0/s1. The van der Waals surface area contributed by atoms with Crippen LogP contribution in [0.4, 0.5) is 0 Å². The van der Waals surface area contributed by atoms with Gasteiger partial charge in [0.15, 0.2) is 11.5 Å². The number of carbonyl (C=O) groups excluding carboxylic acids is 3. The predicted octanol–water partition coefficient (Wildman–Crippen LogP) is 5.06. The first-order chi connectivity index (χ1) is 18.7. The average Bonchev–Trinajstić information content (AvgIpc) is 2.97. The zero-order valence-corrected chi connectivity index (χ0v) is 23.3. The summed E-state index contributed by atoms with van der Waals surface area (Å²) in [5.41, 5.74) is 0.910. The lowest BCUT2D eigenvalue weighted by atomic mass is 9.90. The smallest absolute Gasteiger partial charge is 0.330 e. The van der Waals surface area contributed by atoms with E-state index in [1.807, 2.05) is 48.5 Å². The Balaban J connectivity index is 1.76. The third-order valence-electron chi connectivity index (χ3n) is 6.93. The van der Waals surface area contributed by atoms with Gasteiger partial charge in [0.1, 0.15) is 18.8 Å². The van der Waals surface area contributed by atoms with Crippen LogP contribution in [0, 0.1) is 5.41 Å². The van der Waals surface area contributed by atoms with Gasteiger partial charge in [-0.2, -0.15) is 0 Å². The van der Waals surface area contributed by atoms with Crippen molar-refractivity contribution < 1.29 is 33.3 Å². The highest BCUT2D eigenvalue weighted by atomic mass is 16.5. The molecule has 2 aromatic rings. The van der Waals surface area contributed by atoms with Gasteiger partial charge in [0.25, 0.3) is 0 Å². The molecule has 0 aromatic heterocycles. The molecule has 0 aliphatic carbocycles. The van der Waals surface area contributed by atoms with Gasteiger partial charge in [-0.1, -0.05) is 43.0 Å². The molecule has 3 rings (SSSR count). The second kappa shape index (κ2) is 13.8. The quantitative estimate of drug-likeness (QED) is 0.276. The van der Waals surface area contributed by atoms with Gasteiger partial charge in [0.2, 0.25) is 5.91 Å². The molecule has 1 amide bonds. The van der Waals surface area contributed by atoms with E-state index in [1.165, 1.54) is 0 Å². The SMILES string of the molecule is C=CC(=O)OCC(C)(C)C(=O)N1CCCC[C@H]1C(=O)O[C@H](CCc1ccc(OC)c(OC)c1)c1ccccc1. The van der Waals surface area contributed by atoms with E-state index < -0.39 is 29.5 Å². The summed E-state index contributed by atoms with van der Waals surface area (Å²) in [6.07, 6.45) is 3.89. The molecule has 0 bridgehead atoms. The summed E-state index contributed by atoms with van der Waals surface area (Å²) in [5.74, 6) is 0.0221. The topological polar surface area (TPSA) is 91.4 Å². The molecule has 1 fully saturated rings. The highest BCUT2D eigenvalue weighted by molar-refractivity contribution is 5.88. The minimum absolute atomic E-state index is 0.104. The fraction of sp³-hybridized carbons (Fsp3) is 0.452. The molecule has 1 saturated heterocycles. The van der Waals surface area contributed by atoms with Crippen LogP contribution in [0.5, 0.6) is 11.5 Å². The molecule has 210 valence electrons. The number of methoxy groups -OCH3 is 2. The van der Waals surface area contributed by atoms with Gasteiger partial charge < -0.3 is 23.8 Å². The van der Waals surface area contributed by atoms with Crippen molar-refractivity contribution in [2.24, 2.45) is 5.41 Å². The molecule has 1 aliphatic rings. The van der Waals surface area contributed by atoms with E-state index in [4.69, 9.17) is 18.9 Å². The molecule has 0 unspecified atom stereocenters. The van der Waals surface area contributed by atoms with E-state index in [0.717, 1.165) is 30.0 Å². The van der Waals surface area contributed by atoms with Crippen molar-refractivity contribution in [3.8, 4) is 11.5 Å². The molecule has 8 nitrogen and oxygen atoms in total. The number of benzene rings is 2. The average molecular weight is 538 g/mol. The number of rotatable bonds is 12. The van der Waals surface area contributed by atoms with Crippen molar-refractivity contribution in [3.63, 3.8) is 0 Å². The summed E-state index contributed by atoms with van der Waals surface area (Å²) in [7, 11) is 3.19. The molecule has 1 aliphatic heterocycles. The largest absolute Gasteiger partial charge is 0.493 e. The van der Waals surface area contributed by atoms with Crippen LogP contribution in [-0.2, 0) is 30.3 Å². The van der Waals surface area contributed by atoms with Gasteiger partial charge >= 0.3 is 11.9 Å². The minimum Gasteiger partial charge on any atom is -0.493 e. The van der Waals surface area contributed by atoms with E-state index in [9.17, 15) is 14.4 Å². The van der Waals surface area contributed by atoms with Crippen LogP contribution in [0.25, 0.3) is 0 Å². The molecule has 39 heavy (non-hydrogen) atoms. The number of hydrogen-bond acceptors (Lipinski definition) is 7. The number of carbonyl (C=O) groups is 3. The third-order valence-corrected chi connectivity index (χ3v) is 6.93. The van der Waals surface area contributed by atoms with Gasteiger partial charge in [-0.05, 0) is 69.2 Å². The molecular weight excluding hydrogens is 498 g/mol. The lowest BCUT2D eigenvalue weighted by Crippen LogP contribution is -2.53. The fourth-order valence-corrected chi connectivity index (χ4v) is 4.69. The number of ether oxygens (including phenoxy) is 4. The molecule has 0 N–H and O–H groups in total. The normalized spacial score (nSPS) is 16.1. The van der Waals surface area contributed by atoms with Crippen molar-refractivity contribution in [1.82, 2.24) is 4.90 Å². The molecule has 0 spiro atoms. The second-order valence-corrected chi connectivity index (χ2v) is 10.3. The molecule has 8 heteroatoms. The first-order valence-corrected chi connectivity index (χ1v) is 13.3. The molecular formula is C31H39NO7. The van der Waals surface area contributed by atoms with Gasteiger partial charge in [-0.3, -0.25) is 4.79 Å². The Morgan fingerprint density at radius 2 is 1.77 bits per heavy atom. The van der Waals surface area contributed by atoms with Crippen molar-refractivity contribution in [2.45, 2.75) is 58.1 Å². The number of piperidine rings is 1. The van der Waals surface area contributed by atoms with Gasteiger partial charge in [-0.25, -0.2) is 9.59 Å². The molecule has 1 heterocycles. The summed E-state index contributed by atoms with van der Waals surface area (Å²) in [6, 6.07) is 14.7. The summed E-state index contributed by atoms with van der Waals surface area (Å²) < 4.78 is 22.0. The van der Waals surface area contributed by atoms with Crippen LogP contribution in [0.1, 0.15) is 56.8 Å². The lowest BCUT2D eigenvalue weighted by molar-refractivity contribution is -0.166. The number of esters is 2. The number of aryl methyl sites for hydroxylation is 1. The Morgan fingerprint density at radius 3 is 2.44 bits per heavy atom. The zero-order valence-electron chi connectivity index (χ0n) is 23.3. The first kappa shape index (κ1) is 29.7. The Hall–Kier alpha value is -3.81. The van der Waals surface area contributed by atoms with Crippen molar-refractivity contribution in [1.29, 1.82) is 0 Å². The summed E-state index contributed by atoms with van der Waals surface area (Å²) >= 11 is 0. The van der Waals surface area contributed by atoms with Gasteiger partial charge in [0.05, 0.1) is 19.6 Å². The summed E-state index contributed by atoms with van der Waals surface area (Å²) in [4.78, 5) is 40.2. The predicted molar refractivity (Wildman–Crippen MR) is 147 cm³/mol. The number of amides is 1. The monoisotopic (exact) mass is 537 g/mol. The van der Waals surface area contributed by atoms with Crippen LogP contribution in [0.15, 0.2) is 61.2 Å². The maximum absolute atomic E-state index is 13.6. The van der Waals surface area contributed by atoms with Gasteiger partial charge in [0, 0.05) is 12.6 Å². The molecule has 0 saturated carbocycles. The number of nitrogens with zero attached hydrogens (tertiary/aromatic N) is 1. The fourth-order valence-electron chi connectivity index (χ4n) is 4.69. The van der Waals surface area contributed by atoms with E-state index in [-0.39, 0.29) is 12.5 Å². The van der Waals surface area contributed by atoms with Crippen LogP contribution in [-0.4, -0.2) is 56.2 Å². The minimum atomic E-state index is -0.999. The molecule has 2 atom stereocenters. The first-order valence-electron chi connectivity index (χ1n) is 13.3. The summed E-state index contributed by atoms with van der Waals surface area (Å²) in [6.45, 7) is 7.14. The van der Waals surface area contributed by atoms with E-state index in [2.05, 4.69) is 6.58 Å². The molecule has 0 radical (unpaired) electrons. The van der Waals surface area contributed by atoms with Crippen molar-refractivity contribution in [2.75, 3.05) is 27.4 Å². The Bertz CT molecular complexity index is 1140. The maximum Gasteiger partial charge on any atom is 0.330 e. The number of hydrogen-bond donors (Lipinski definition) is 0. The van der Waals surface area contributed by atoms with Crippen molar-refractivity contribution >= 4 is 17.8 Å². The second-order valence-electron chi connectivity index (χ2n) is 10.3. The van der Waals surface area contributed by atoms with Crippen LogP contribution >= 0.6 is 0 Å². The van der Waals surface area contributed by atoms with Crippen molar-refractivity contribution in [3.05, 3.63) is 72.3 Å². The number of likely N-dealkylation sites (tertiary alicyclic amines) is 1. The maximum atomic E-state index is 13.6.